The van der Waals surface area contributed by atoms with Crippen molar-refractivity contribution in [2.75, 3.05) is 29.0 Å². The van der Waals surface area contributed by atoms with Crippen LogP contribution in [0.2, 0.25) is 0 Å². The van der Waals surface area contributed by atoms with E-state index < -0.39 is 35.1 Å². The van der Waals surface area contributed by atoms with Crippen molar-refractivity contribution < 1.29 is 22.7 Å². The summed E-state index contributed by atoms with van der Waals surface area (Å²) in [5, 5.41) is 2.64. The van der Waals surface area contributed by atoms with E-state index in [1.54, 1.807) is 37.3 Å². The standard InChI is InChI=1S/C20H24N2O5S/c1-14-9-10-17(11-16(14)3)21-19(23)13-27-20(24)12-22(28(4,25)26)18-8-6-5-7-15(18)2/h5-11H,12-13H2,1-4H3,(H,21,23). The van der Waals surface area contributed by atoms with Gasteiger partial charge in [0.25, 0.3) is 5.91 Å². The number of hydrogen-bond donors (Lipinski definition) is 1. The topological polar surface area (TPSA) is 92.8 Å². The summed E-state index contributed by atoms with van der Waals surface area (Å²) < 4.78 is 30.1. The van der Waals surface area contributed by atoms with Crippen molar-refractivity contribution in [2.24, 2.45) is 0 Å². The zero-order valence-corrected chi connectivity index (χ0v) is 17.2. The number of para-hydroxylation sites is 1. The van der Waals surface area contributed by atoms with E-state index in [-0.39, 0.29) is 0 Å². The smallest absolute Gasteiger partial charge is 0.327 e. The summed E-state index contributed by atoms with van der Waals surface area (Å²) in [7, 11) is -3.70. The number of ether oxygens (including phenoxy) is 1. The number of nitrogens with one attached hydrogen (secondary N) is 1. The Morgan fingerprint density at radius 2 is 1.68 bits per heavy atom. The average molecular weight is 404 g/mol. The minimum Gasteiger partial charge on any atom is -0.454 e. The molecule has 0 fully saturated rings. The zero-order chi connectivity index (χ0) is 20.9. The molecular weight excluding hydrogens is 380 g/mol. The molecule has 0 heterocycles. The Balaban J connectivity index is 1.98. The SMILES string of the molecule is Cc1ccc(NC(=O)COC(=O)CN(c2ccccc2C)S(C)(=O)=O)cc1C. The quantitative estimate of drug-likeness (QED) is 0.716. The van der Waals surface area contributed by atoms with Gasteiger partial charge in [-0.3, -0.25) is 13.9 Å². The fourth-order valence-electron chi connectivity index (χ4n) is 2.55. The highest BCUT2D eigenvalue weighted by molar-refractivity contribution is 7.92. The molecular formula is C20H24N2O5S. The van der Waals surface area contributed by atoms with Gasteiger partial charge in [0.1, 0.15) is 6.54 Å². The number of carbonyl (C=O) groups is 2. The third kappa shape index (κ3) is 5.82. The van der Waals surface area contributed by atoms with Crippen molar-refractivity contribution in [1.82, 2.24) is 0 Å². The molecule has 0 radical (unpaired) electrons. The lowest BCUT2D eigenvalue weighted by Gasteiger charge is -2.23. The Hall–Kier alpha value is -2.87. The summed E-state index contributed by atoms with van der Waals surface area (Å²) in [4.78, 5) is 24.1. The van der Waals surface area contributed by atoms with E-state index >= 15 is 0 Å². The second kappa shape index (κ2) is 8.88. The van der Waals surface area contributed by atoms with Crippen molar-refractivity contribution in [3.8, 4) is 0 Å². The number of carbonyl (C=O) groups excluding carboxylic acids is 2. The third-order valence-electron chi connectivity index (χ3n) is 4.21. The summed E-state index contributed by atoms with van der Waals surface area (Å²) in [6, 6.07) is 12.3. The number of benzene rings is 2. The third-order valence-corrected chi connectivity index (χ3v) is 5.34. The minimum absolute atomic E-state index is 0.390. The number of nitrogens with zero attached hydrogens (tertiary/aromatic N) is 1. The lowest BCUT2D eigenvalue weighted by molar-refractivity contribution is -0.145. The maximum Gasteiger partial charge on any atom is 0.327 e. The van der Waals surface area contributed by atoms with Crippen molar-refractivity contribution in [1.29, 1.82) is 0 Å². The van der Waals surface area contributed by atoms with Gasteiger partial charge in [-0.05, 0) is 55.7 Å². The van der Waals surface area contributed by atoms with Crippen LogP contribution in [-0.2, 0) is 24.3 Å². The molecule has 0 bridgehead atoms. The average Bonchev–Trinajstić information content (AvgIpc) is 2.61. The van der Waals surface area contributed by atoms with E-state index in [9.17, 15) is 18.0 Å². The molecule has 28 heavy (non-hydrogen) atoms. The van der Waals surface area contributed by atoms with Gasteiger partial charge in [0, 0.05) is 5.69 Å². The molecule has 0 aliphatic rings. The maximum atomic E-state index is 12.1. The summed E-state index contributed by atoms with van der Waals surface area (Å²) in [5.41, 5.74) is 3.81. The highest BCUT2D eigenvalue weighted by atomic mass is 32.2. The zero-order valence-electron chi connectivity index (χ0n) is 16.4. The number of aryl methyl sites for hydroxylation is 3. The van der Waals surface area contributed by atoms with Crippen molar-refractivity contribution in [3.05, 3.63) is 59.2 Å². The second-order valence-corrected chi connectivity index (χ2v) is 8.47. The largest absolute Gasteiger partial charge is 0.454 e. The second-order valence-electron chi connectivity index (χ2n) is 6.56. The van der Waals surface area contributed by atoms with Crippen LogP contribution >= 0.6 is 0 Å². The summed E-state index contributed by atoms with van der Waals surface area (Å²) >= 11 is 0. The van der Waals surface area contributed by atoms with E-state index in [4.69, 9.17) is 4.74 Å². The maximum absolute atomic E-state index is 12.1. The molecule has 2 aromatic carbocycles. The van der Waals surface area contributed by atoms with E-state index in [2.05, 4.69) is 5.32 Å². The molecule has 0 saturated heterocycles. The van der Waals surface area contributed by atoms with Gasteiger partial charge in [0.05, 0.1) is 11.9 Å². The molecule has 150 valence electrons. The first kappa shape index (κ1) is 21.4. The summed E-state index contributed by atoms with van der Waals surface area (Å²) in [6.07, 6.45) is 1.01. The molecule has 0 aromatic heterocycles. The monoisotopic (exact) mass is 404 g/mol. The van der Waals surface area contributed by atoms with Gasteiger partial charge < -0.3 is 10.1 Å². The van der Waals surface area contributed by atoms with Crippen LogP contribution in [0.5, 0.6) is 0 Å². The van der Waals surface area contributed by atoms with E-state index in [1.807, 2.05) is 26.0 Å². The van der Waals surface area contributed by atoms with Crippen molar-refractivity contribution in [2.45, 2.75) is 20.8 Å². The number of amides is 1. The fourth-order valence-corrected chi connectivity index (χ4v) is 3.45. The van der Waals surface area contributed by atoms with Crippen LogP contribution in [-0.4, -0.2) is 39.7 Å². The molecule has 0 atom stereocenters. The molecule has 0 aliphatic carbocycles. The summed E-state index contributed by atoms with van der Waals surface area (Å²) in [5.74, 6) is -1.32. The highest BCUT2D eigenvalue weighted by Crippen LogP contribution is 2.21. The molecule has 0 saturated carbocycles. The number of esters is 1. The van der Waals surface area contributed by atoms with Crippen LogP contribution in [0.25, 0.3) is 0 Å². The normalized spacial score (nSPS) is 11.0. The van der Waals surface area contributed by atoms with Gasteiger partial charge >= 0.3 is 5.97 Å². The summed E-state index contributed by atoms with van der Waals surface area (Å²) in [6.45, 7) is 4.62. The number of hydrogen-bond acceptors (Lipinski definition) is 5. The van der Waals surface area contributed by atoms with Crippen molar-refractivity contribution >= 4 is 33.3 Å². The Labute approximate surface area is 165 Å². The number of sulfonamides is 1. The van der Waals surface area contributed by atoms with E-state index in [1.165, 1.54) is 0 Å². The van der Waals surface area contributed by atoms with Crippen LogP contribution in [0.3, 0.4) is 0 Å². The Morgan fingerprint density at radius 1 is 1.00 bits per heavy atom. The van der Waals surface area contributed by atoms with Crippen molar-refractivity contribution in [3.63, 3.8) is 0 Å². The molecule has 0 unspecified atom stereocenters. The van der Waals surface area contributed by atoms with Gasteiger partial charge in [-0.15, -0.1) is 0 Å². The molecule has 8 heteroatoms. The molecule has 1 amide bonds. The van der Waals surface area contributed by atoms with Crippen LogP contribution in [0.4, 0.5) is 11.4 Å². The van der Waals surface area contributed by atoms with Gasteiger partial charge in [0.15, 0.2) is 6.61 Å². The molecule has 0 aliphatic heterocycles. The Kier molecular flexibility index (Phi) is 6.80. The van der Waals surface area contributed by atoms with Crippen LogP contribution in [0.15, 0.2) is 42.5 Å². The van der Waals surface area contributed by atoms with Gasteiger partial charge in [0.2, 0.25) is 10.0 Å². The van der Waals surface area contributed by atoms with Gasteiger partial charge in [-0.2, -0.15) is 0 Å². The predicted molar refractivity (Wildman–Crippen MR) is 109 cm³/mol. The highest BCUT2D eigenvalue weighted by Gasteiger charge is 2.23. The minimum atomic E-state index is -3.70. The molecule has 1 N–H and O–H groups in total. The lowest BCUT2D eigenvalue weighted by atomic mass is 10.1. The predicted octanol–water partition coefficient (Wildman–Crippen LogP) is 2.56. The van der Waals surface area contributed by atoms with E-state index in [0.29, 0.717) is 16.9 Å². The first-order chi connectivity index (χ1) is 13.1. The van der Waals surface area contributed by atoms with Crippen LogP contribution < -0.4 is 9.62 Å². The molecule has 2 rings (SSSR count). The van der Waals surface area contributed by atoms with Crippen LogP contribution in [0, 0.1) is 20.8 Å². The first-order valence-corrected chi connectivity index (χ1v) is 10.5. The van der Waals surface area contributed by atoms with E-state index in [0.717, 1.165) is 21.7 Å². The molecule has 0 spiro atoms. The van der Waals surface area contributed by atoms with Gasteiger partial charge in [-0.25, -0.2) is 8.42 Å². The number of anilines is 2. The van der Waals surface area contributed by atoms with Gasteiger partial charge in [-0.1, -0.05) is 24.3 Å². The Morgan fingerprint density at radius 3 is 2.29 bits per heavy atom. The first-order valence-electron chi connectivity index (χ1n) is 8.64. The number of rotatable bonds is 7. The molecule has 7 nitrogen and oxygen atoms in total. The fraction of sp³-hybridized carbons (Fsp3) is 0.300. The molecule has 2 aromatic rings. The van der Waals surface area contributed by atoms with Crippen LogP contribution in [0.1, 0.15) is 16.7 Å². The Bertz CT molecular complexity index is 986. The lowest BCUT2D eigenvalue weighted by Crippen LogP contribution is -2.37.